The van der Waals surface area contributed by atoms with Crippen molar-refractivity contribution in [2.45, 2.75) is 6.92 Å². The summed E-state index contributed by atoms with van der Waals surface area (Å²) in [4.78, 5) is 25.7. The molecule has 1 aromatic heterocycles. The second-order valence-electron chi connectivity index (χ2n) is 4.14. The molecule has 0 bridgehead atoms. The Labute approximate surface area is 123 Å². The summed E-state index contributed by atoms with van der Waals surface area (Å²) >= 11 is 1.28. The van der Waals surface area contributed by atoms with Crippen LogP contribution in [0.4, 0.5) is 9.52 Å². The molecule has 2 N–H and O–H groups in total. The van der Waals surface area contributed by atoms with Crippen LogP contribution in [-0.2, 0) is 4.79 Å². The predicted molar refractivity (Wildman–Crippen MR) is 78.7 cm³/mol. The van der Waals surface area contributed by atoms with Gasteiger partial charge in [0.1, 0.15) is 5.82 Å². The standard InChI is InChI=1S/C14H11FN2O3S/c1-8(18)16-14-17-10(7-21-14)4-2-9-3-5-11(13(19)20)12(15)6-9/h2-7H,1H3,(H,19,20)(H,16,17,18). The van der Waals surface area contributed by atoms with E-state index in [1.54, 1.807) is 17.5 Å². The van der Waals surface area contributed by atoms with E-state index in [4.69, 9.17) is 5.11 Å². The van der Waals surface area contributed by atoms with Gasteiger partial charge in [0.05, 0.1) is 11.3 Å². The lowest BCUT2D eigenvalue weighted by molar-refractivity contribution is -0.114. The third-order valence-electron chi connectivity index (χ3n) is 2.48. The highest BCUT2D eigenvalue weighted by Crippen LogP contribution is 2.18. The van der Waals surface area contributed by atoms with Gasteiger partial charge in [-0.2, -0.15) is 0 Å². The summed E-state index contributed by atoms with van der Waals surface area (Å²) in [6.07, 6.45) is 3.26. The van der Waals surface area contributed by atoms with Gasteiger partial charge in [0.2, 0.25) is 5.91 Å². The van der Waals surface area contributed by atoms with Crippen LogP contribution in [0, 0.1) is 5.82 Å². The molecule has 0 spiro atoms. The summed E-state index contributed by atoms with van der Waals surface area (Å²) in [6, 6.07) is 3.85. The molecule has 0 unspecified atom stereocenters. The van der Waals surface area contributed by atoms with E-state index in [1.165, 1.54) is 30.4 Å². The van der Waals surface area contributed by atoms with Crippen LogP contribution < -0.4 is 5.32 Å². The maximum Gasteiger partial charge on any atom is 0.338 e. The maximum atomic E-state index is 13.5. The van der Waals surface area contributed by atoms with Gasteiger partial charge in [-0.3, -0.25) is 4.79 Å². The molecule has 1 amide bonds. The molecule has 2 rings (SSSR count). The van der Waals surface area contributed by atoms with Gasteiger partial charge in [0.15, 0.2) is 5.13 Å². The Morgan fingerprint density at radius 2 is 2.14 bits per heavy atom. The highest BCUT2D eigenvalue weighted by atomic mass is 32.1. The van der Waals surface area contributed by atoms with E-state index in [1.807, 2.05) is 0 Å². The molecule has 7 heteroatoms. The zero-order chi connectivity index (χ0) is 15.4. The number of nitrogens with one attached hydrogen (secondary N) is 1. The third-order valence-corrected chi connectivity index (χ3v) is 3.25. The van der Waals surface area contributed by atoms with Crippen molar-refractivity contribution >= 4 is 40.5 Å². The van der Waals surface area contributed by atoms with Gasteiger partial charge in [-0.05, 0) is 23.8 Å². The number of amides is 1. The fourth-order valence-electron chi connectivity index (χ4n) is 1.56. The summed E-state index contributed by atoms with van der Waals surface area (Å²) in [5.41, 5.74) is 0.770. The van der Waals surface area contributed by atoms with Crippen molar-refractivity contribution in [3.05, 3.63) is 46.2 Å². The summed E-state index contributed by atoms with van der Waals surface area (Å²) in [7, 11) is 0. The lowest BCUT2D eigenvalue weighted by Gasteiger charge is -1.98. The zero-order valence-electron chi connectivity index (χ0n) is 11.0. The minimum absolute atomic E-state index is 0.203. The molecule has 0 radical (unpaired) electrons. The summed E-state index contributed by atoms with van der Waals surface area (Å²) < 4.78 is 13.5. The van der Waals surface area contributed by atoms with Gasteiger partial charge in [-0.25, -0.2) is 14.2 Å². The average molecular weight is 306 g/mol. The van der Waals surface area contributed by atoms with Gasteiger partial charge in [0.25, 0.3) is 0 Å². The number of benzene rings is 1. The minimum Gasteiger partial charge on any atom is -0.478 e. The number of anilines is 1. The van der Waals surface area contributed by atoms with Crippen LogP contribution in [0.5, 0.6) is 0 Å². The van der Waals surface area contributed by atoms with Crippen LogP contribution in [0.25, 0.3) is 12.2 Å². The Morgan fingerprint density at radius 1 is 1.38 bits per heavy atom. The quantitative estimate of drug-likeness (QED) is 0.909. The topological polar surface area (TPSA) is 79.3 Å². The van der Waals surface area contributed by atoms with Crippen molar-refractivity contribution in [1.82, 2.24) is 4.98 Å². The molecule has 2 aromatic rings. The molecule has 5 nitrogen and oxygen atoms in total. The van der Waals surface area contributed by atoms with Crippen LogP contribution in [-0.4, -0.2) is 22.0 Å². The van der Waals surface area contributed by atoms with Crippen molar-refractivity contribution in [3.63, 3.8) is 0 Å². The van der Waals surface area contributed by atoms with E-state index < -0.39 is 11.8 Å². The Hall–Kier alpha value is -2.54. The minimum atomic E-state index is -1.30. The largest absolute Gasteiger partial charge is 0.478 e. The van der Waals surface area contributed by atoms with Crippen LogP contribution in [0.3, 0.4) is 0 Å². The number of thiazole rings is 1. The van der Waals surface area contributed by atoms with Crippen molar-refractivity contribution in [3.8, 4) is 0 Å². The molecule has 21 heavy (non-hydrogen) atoms. The molecule has 108 valence electrons. The van der Waals surface area contributed by atoms with E-state index in [0.29, 0.717) is 16.4 Å². The van der Waals surface area contributed by atoms with E-state index in [-0.39, 0.29) is 11.5 Å². The van der Waals surface area contributed by atoms with E-state index in [0.717, 1.165) is 6.07 Å². The van der Waals surface area contributed by atoms with E-state index in [2.05, 4.69) is 10.3 Å². The zero-order valence-corrected chi connectivity index (χ0v) is 11.8. The molecule has 0 saturated carbocycles. The first-order valence-corrected chi connectivity index (χ1v) is 6.77. The number of carbonyl (C=O) groups excluding carboxylic acids is 1. The SMILES string of the molecule is CC(=O)Nc1nc(C=Cc2ccc(C(=O)O)c(F)c2)cs1. The smallest absolute Gasteiger partial charge is 0.338 e. The number of aromatic nitrogens is 1. The first kappa shape index (κ1) is 14.9. The van der Waals surface area contributed by atoms with Gasteiger partial charge in [0, 0.05) is 12.3 Å². The number of carbonyl (C=O) groups is 2. The summed E-state index contributed by atoms with van der Waals surface area (Å²) in [5, 5.41) is 13.5. The molecular formula is C14H11FN2O3S. The Morgan fingerprint density at radius 3 is 2.76 bits per heavy atom. The van der Waals surface area contributed by atoms with Gasteiger partial charge < -0.3 is 10.4 Å². The lowest BCUT2D eigenvalue weighted by atomic mass is 10.1. The molecule has 0 atom stereocenters. The van der Waals surface area contributed by atoms with Gasteiger partial charge in [-0.15, -0.1) is 11.3 Å². The predicted octanol–water partition coefficient (Wildman–Crippen LogP) is 3.11. The molecule has 0 aliphatic carbocycles. The molecular weight excluding hydrogens is 295 g/mol. The molecule has 0 aliphatic heterocycles. The molecule has 0 fully saturated rings. The second-order valence-corrected chi connectivity index (χ2v) is 4.99. The van der Waals surface area contributed by atoms with Crippen LogP contribution >= 0.6 is 11.3 Å². The van der Waals surface area contributed by atoms with Crippen LogP contribution in [0.1, 0.15) is 28.5 Å². The molecule has 0 saturated heterocycles. The number of carboxylic acid groups (broad SMARTS) is 1. The van der Waals surface area contributed by atoms with E-state index in [9.17, 15) is 14.0 Å². The number of carboxylic acids is 1. The molecule has 1 heterocycles. The van der Waals surface area contributed by atoms with Crippen molar-refractivity contribution < 1.29 is 19.1 Å². The fraction of sp³-hybridized carbons (Fsp3) is 0.0714. The number of halogens is 1. The highest BCUT2D eigenvalue weighted by molar-refractivity contribution is 7.14. The van der Waals surface area contributed by atoms with Gasteiger partial charge >= 0.3 is 5.97 Å². The Bertz CT molecular complexity index is 725. The van der Waals surface area contributed by atoms with Crippen molar-refractivity contribution in [2.24, 2.45) is 0 Å². The van der Waals surface area contributed by atoms with Crippen molar-refractivity contribution in [1.29, 1.82) is 0 Å². The normalized spacial score (nSPS) is 10.8. The lowest BCUT2D eigenvalue weighted by Crippen LogP contribution is -2.04. The van der Waals surface area contributed by atoms with Crippen LogP contribution in [0.2, 0.25) is 0 Å². The van der Waals surface area contributed by atoms with Crippen LogP contribution in [0.15, 0.2) is 23.6 Å². The third kappa shape index (κ3) is 3.96. The average Bonchev–Trinajstić information content (AvgIpc) is 2.82. The first-order valence-electron chi connectivity index (χ1n) is 5.90. The number of rotatable bonds is 4. The maximum absolute atomic E-state index is 13.5. The number of nitrogens with zero attached hydrogens (tertiary/aromatic N) is 1. The molecule has 1 aromatic carbocycles. The van der Waals surface area contributed by atoms with Gasteiger partial charge in [-0.1, -0.05) is 12.1 Å². The number of aromatic carboxylic acids is 1. The molecule has 0 aliphatic rings. The highest BCUT2D eigenvalue weighted by Gasteiger charge is 2.09. The number of hydrogen-bond donors (Lipinski definition) is 2. The fourth-order valence-corrected chi connectivity index (χ4v) is 2.29. The number of hydrogen-bond acceptors (Lipinski definition) is 4. The monoisotopic (exact) mass is 306 g/mol. The Kier molecular flexibility index (Phi) is 4.44. The van der Waals surface area contributed by atoms with E-state index >= 15 is 0 Å². The first-order chi connectivity index (χ1) is 9.95. The second kappa shape index (κ2) is 6.27. The summed E-state index contributed by atoms with van der Waals surface area (Å²) in [5.74, 6) is -2.30. The van der Waals surface area contributed by atoms with Crippen molar-refractivity contribution in [2.75, 3.05) is 5.32 Å². The summed E-state index contributed by atoms with van der Waals surface area (Å²) in [6.45, 7) is 1.39. The Balaban J connectivity index is 2.14.